The SMILES string of the molecule is O=C(O)[C@H]1CCC[C@@H](C(=O)NCC(c2ccccc2)c2ccccc2)C1. The zero-order valence-electron chi connectivity index (χ0n) is 14.8. The molecule has 0 radical (unpaired) electrons. The molecular formula is C22H25NO3. The van der Waals surface area contributed by atoms with Crippen molar-refractivity contribution in [2.45, 2.75) is 31.6 Å². The van der Waals surface area contributed by atoms with Crippen LogP contribution in [0.3, 0.4) is 0 Å². The van der Waals surface area contributed by atoms with Crippen molar-refractivity contribution in [3.63, 3.8) is 0 Å². The van der Waals surface area contributed by atoms with Crippen molar-refractivity contribution in [3.05, 3.63) is 71.8 Å². The molecule has 26 heavy (non-hydrogen) atoms. The smallest absolute Gasteiger partial charge is 0.306 e. The lowest BCUT2D eigenvalue weighted by Crippen LogP contribution is -2.37. The molecule has 1 aliphatic carbocycles. The molecule has 4 heteroatoms. The molecule has 1 saturated carbocycles. The molecule has 136 valence electrons. The predicted octanol–water partition coefficient (Wildman–Crippen LogP) is 3.83. The highest BCUT2D eigenvalue weighted by molar-refractivity contribution is 5.80. The van der Waals surface area contributed by atoms with Crippen LogP contribution in [0.25, 0.3) is 0 Å². The summed E-state index contributed by atoms with van der Waals surface area (Å²) >= 11 is 0. The van der Waals surface area contributed by atoms with Gasteiger partial charge >= 0.3 is 5.97 Å². The Balaban J connectivity index is 1.68. The van der Waals surface area contributed by atoms with E-state index in [1.807, 2.05) is 36.4 Å². The van der Waals surface area contributed by atoms with Gasteiger partial charge < -0.3 is 10.4 Å². The summed E-state index contributed by atoms with van der Waals surface area (Å²) in [7, 11) is 0. The molecule has 3 rings (SSSR count). The lowest BCUT2D eigenvalue weighted by atomic mass is 9.81. The molecule has 0 saturated heterocycles. The van der Waals surface area contributed by atoms with E-state index in [-0.39, 0.29) is 17.7 Å². The standard InChI is InChI=1S/C22H25NO3/c24-21(18-12-7-13-19(14-18)22(25)26)23-15-20(16-8-3-1-4-9-16)17-10-5-2-6-11-17/h1-6,8-11,18-20H,7,12-15H2,(H,23,24)(H,25,26)/t18-,19+/m1/s1. The van der Waals surface area contributed by atoms with Crippen LogP contribution >= 0.6 is 0 Å². The van der Waals surface area contributed by atoms with Crippen LogP contribution in [0.15, 0.2) is 60.7 Å². The van der Waals surface area contributed by atoms with Crippen molar-refractivity contribution in [2.75, 3.05) is 6.54 Å². The molecule has 2 N–H and O–H groups in total. The summed E-state index contributed by atoms with van der Waals surface area (Å²) in [6, 6.07) is 20.3. The Labute approximate surface area is 154 Å². The van der Waals surface area contributed by atoms with Crippen LogP contribution in [0, 0.1) is 11.8 Å². The van der Waals surface area contributed by atoms with Crippen LogP contribution in [0.4, 0.5) is 0 Å². The number of carbonyl (C=O) groups excluding carboxylic acids is 1. The van der Waals surface area contributed by atoms with Gasteiger partial charge in [0.2, 0.25) is 5.91 Å². The molecule has 0 spiro atoms. The van der Waals surface area contributed by atoms with Crippen molar-refractivity contribution in [1.82, 2.24) is 5.32 Å². The number of hydrogen-bond acceptors (Lipinski definition) is 2. The van der Waals surface area contributed by atoms with Crippen LogP contribution in [-0.2, 0) is 9.59 Å². The molecular weight excluding hydrogens is 326 g/mol. The van der Waals surface area contributed by atoms with E-state index in [4.69, 9.17) is 0 Å². The summed E-state index contributed by atoms with van der Waals surface area (Å²) in [4.78, 5) is 23.9. The molecule has 2 aromatic carbocycles. The molecule has 0 heterocycles. The molecule has 0 unspecified atom stereocenters. The summed E-state index contributed by atoms with van der Waals surface area (Å²) in [6.07, 6.45) is 2.70. The van der Waals surface area contributed by atoms with Crippen LogP contribution in [-0.4, -0.2) is 23.5 Å². The highest BCUT2D eigenvalue weighted by Gasteiger charge is 2.31. The van der Waals surface area contributed by atoms with E-state index in [1.54, 1.807) is 0 Å². The number of aliphatic carboxylic acids is 1. The molecule has 2 atom stereocenters. The first-order valence-corrected chi connectivity index (χ1v) is 9.25. The number of benzene rings is 2. The maximum absolute atomic E-state index is 12.6. The van der Waals surface area contributed by atoms with Gasteiger partial charge in [-0.25, -0.2) is 0 Å². The molecule has 1 fully saturated rings. The van der Waals surface area contributed by atoms with Crippen LogP contribution in [0.5, 0.6) is 0 Å². The van der Waals surface area contributed by atoms with E-state index in [2.05, 4.69) is 29.6 Å². The minimum Gasteiger partial charge on any atom is -0.481 e. The second-order valence-corrected chi connectivity index (χ2v) is 7.02. The maximum atomic E-state index is 12.6. The second kappa shape index (κ2) is 8.65. The summed E-state index contributed by atoms with van der Waals surface area (Å²) in [5.74, 6) is -1.31. The Hall–Kier alpha value is -2.62. The van der Waals surface area contributed by atoms with Crippen LogP contribution in [0.1, 0.15) is 42.7 Å². The van der Waals surface area contributed by atoms with Gasteiger partial charge in [-0.05, 0) is 30.4 Å². The summed E-state index contributed by atoms with van der Waals surface area (Å²) in [5.41, 5.74) is 2.32. The van der Waals surface area contributed by atoms with E-state index in [0.717, 1.165) is 24.0 Å². The molecule has 0 aromatic heterocycles. The lowest BCUT2D eigenvalue weighted by molar-refractivity contribution is -0.144. The number of amides is 1. The molecule has 4 nitrogen and oxygen atoms in total. The quantitative estimate of drug-likeness (QED) is 0.831. The average Bonchev–Trinajstić information content (AvgIpc) is 2.69. The minimum absolute atomic E-state index is 0.0205. The number of hydrogen-bond donors (Lipinski definition) is 2. The Morgan fingerprint density at radius 1 is 0.923 bits per heavy atom. The fourth-order valence-corrected chi connectivity index (χ4v) is 3.80. The Kier molecular flexibility index (Phi) is 6.05. The minimum atomic E-state index is -0.783. The Morgan fingerprint density at radius 3 is 2.00 bits per heavy atom. The third-order valence-corrected chi connectivity index (χ3v) is 5.28. The van der Waals surface area contributed by atoms with Crippen LogP contribution < -0.4 is 5.32 Å². The Morgan fingerprint density at radius 2 is 1.46 bits per heavy atom. The molecule has 0 aliphatic heterocycles. The van der Waals surface area contributed by atoms with Gasteiger partial charge in [0.1, 0.15) is 0 Å². The number of nitrogens with one attached hydrogen (secondary N) is 1. The van der Waals surface area contributed by atoms with Crippen molar-refractivity contribution in [3.8, 4) is 0 Å². The summed E-state index contributed by atoms with van der Waals surface area (Å²) in [5, 5.41) is 12.3. The van der Waals surface area contributed by atoms with Crippen LogP contribution in [0.2, 0.25) is 0 Å². The molecule has 0 bridgehead atoms. The number of carboxylic acids is 1. The number of carbonyl (C=O) groups is 2. The predicted molar refractivity (Wildman–Crippen MR) is 101 cm³/mol. The number of carboxylic acid groups (broad SMARTS) is 1. The average molecular weight is 351 g/mol. The third kappa shape index (κ3) is 4.51. The van der Waals surface area contributed by atoms with E-state index < -0.39 is 11.9 Å². The first-order valence-electron chi connectivity index (χ1n) is 9.25. The van der Waals surface area contributed by atoms with Gasteiger partial charge in [-0.15, -0.1) is 0 Å². The number of rotatable bonds is 6. The monoisotopic (exact) mass is 351 g/mol. The van der Waals surface area contributed by atoms with Gasteiger partial charge in [-0.2, -0.15) is 0 Å². The van der Waals surface area contributed by atoms with Crippen molar-refractivity contribution < 1.29 is 14.7 Å². The fourth-order valence-electron chi connectivity index (χ4n) is 3.80. The fraction of sp³-hybridized carbons (Fsp3) is 0.364. The first kappa shape index (κ1) is 18.2. The van der Waals surface area contributed by atoms with Crippen molar-refractivity contribution in [1.29, 1.82) is 0 Å². The zero-order valence-corrected chi connectivity index (χ0v) is 14.8. The maximum Gasteiger partial charge on any atom is 0.306 e. The first-order chi connectivity index (χ1) is 12.6. The van der Waals surface area contributed by atoms with E-state index >= 15 is 0 Å². The van der Waals surface area contributed by atoms with Gasteiger partial charge in [0.05, 0.1) is 5.92 Å². The third-order valence-electron chi connectivity index (χ3n) is 5.28. The highest BCUT2D eigenvalue weighted by atomic mass is 16.4. The van der Waals surface area contributed by atoms with Gasteiger partial charge in [0.25, 0.3) is 0 Å². The van der Waals surface area contributed by atoms with E-state index in [1.165, 1.54) is 0 Å². The zero-order chi connectivity index (χ0) is 18.4. The highest BCUT2D eigenvalue weighted by Crippen LogP contribution is 2.30. The van der Waals surface area contributed by atoms with Crippen molar-refractivity contribution in [2.24, 2.45) is 11.8 Å². The summed E-state index contributed by atoms with van der Waals surface area (Å²) in [6.45, 7) is 0.515. The van der Waals surface area contributed by atoms with Gasteiger partial charge in [0.15, 0.2) is 0 Å². The van der Waals surface area contributed by atoms with E-state index in [0.29, 0.717) is 19.4 Å². The summed E-state index contributed by atoms with van der Waals surface area (Å²) < 4.78 is 0. The normalized spacial score (nSPS) is 19.9. The largest absolute Gasteiger partial charge is 0.481 e. The van der Waals surface area contributed by atoms with E-state index in [9.17, 15) is 14.7 Å². The topological polar surface area (TPSA) is 66.4 Å². The van der Waals surface area contributed by atoms with Crippen molar-refractivity contribution >= 4 is 11.9 Å². The van der Waals surface area contributed by atoms with Gasteiger partial charge in [0, 0.05) is 18.4 Å². The molecule has 2 aromatic rings. The van der Waals surface area contributed by atoms with Gasteiger partial charge in [-0.3, -0.25) is 9.59 Å². The lowest BCUT2D eigenvalue weighted by Gasteiger charge is -2.27. The molecule has 1 amide bonds. The Bertz CT molecular complexity index is 690. The second-order valence-electron chi connectivity index (χ2n) is 7.02. The van der Waals surface area contributed by atoms with Gasteiger partial charge in [-0.1, -0.05) is 67.1 Å². The molecule has 1 aliphatic rings.